The van der Waals surface area contributed by atoms with Crippen LogP contribution >= 0.6 is 0 Å². The van der Waals surface area contributed by atoms with Gasteiger partial charge in [0.25, 0.3) is 5.91 Å². The molecule has 8 heteroatoms. The highest BCUT2D eigenvalue weighted by Crippen LogP contribution is 2.24. The van der Waals surface area contributed by atoms with Crippen LogP contribution in [0.1, 0.15) is 27.6 Å². The van der Waals surface area contributed by atoms with Crippen LogP contribution in [-0.4, -0.2) is 59.7 Å². The molecule has 1 saturated heterocycles. The Kier molecular flexibility index (Phi) is 3.76. The Hall–Kier alpha value is -2.74. The Labute approximate surface area is 144 Å². The lowest BCUT2D eigenvalue weighted by molar-refractivity contribution is 0.0757. The van der Waals surface area contributed by atoms with Gasteiger partial charge >= 0.3 is 0 Å². The van der Waals surface area contributed by atoms with Crippen LogP contribution in [0, 0.1) is 19.8 Å². The smallest absolute Gasteiger partial charge is 0.272 e. The molecule has 130 valence electrons. The van der Waals surface area contributed by atoms with Gasteiger partial charge in [-0.05, 0) is 32.4 Å². The molecule has 4 heterocycles. The number of nitrogens with zero attached hydrogens (tertiary/aromatic N) is 5. The predicted octanol–water partition coefficient (Wildman–Crippen LogP) is 0.745. The molecule has 0 unspecified atom stereocenters. The van der Waals surface area contributed by atoms with Gasteiger partial charge in [0.15, 0.2) is 0 Å². The van der Waals surface area contributed by atoms with E-state index in [0.717, 1.165) is 11.4 Å². The molecular weight excluding hydrogens is 320 g/mol. The minimum atomic E-state index is -0.557. The number of aromatic amines is 1. The fourth-order valence-electron chi connectivity index (χ4n) is 3.47. The Balaban J connectivity index is 1.55. The fourth-order valence-corrected chi connectivity index (χ4v) is 3.47. The largest absolute Gasteiger partial charge is 0.391 e. The van der Waals surface area contributed by atoms with Crippen LogP contribution in [0.3, 0.4) is 0 Å². The van der Waals surface area contributed by atoms with Crippen molar-refractivity contribution in [2.75, 3.05) is 13.1 Å². The van der Waals surface area contributed by atoms with Crippen molar-refractivity contribution in [3.8, 4) is 0 Å². The third-order valence-corrected chi connectivity index (χ3v) is 4.70. The Bertz CT molecular complexity index is 930. The molecule has 1 amide bonds. The molecule has 2 N–H and O–H groups in total. The molecule has 4 rings (SSSR count). The van der Waals surface area contributed by atoms with Crippen LogP contribution < -0.4 is 0 Å². The number of hydrogen-bond donors (Lipinski definition) is 2. The van der Waals surface area contributed by atoms with Gasteiger partial charge in [0.2, 0.25) is 5.78 Å². The third-order valence-electron chi connectivity index (χ3n) is 4.70. The van der Waals surface area contributed by atoms with Gasteiger partial charge < -0.3 is 10.0 Å². The number of amides is 1. The molecule has 0 aromatic carbocycles. The first-order valence-corrected chi connectivity index (χ1v) is 8.31. The second-order valence-electron chi connectivity index (χ2n) is 6.62. The number of fused-ring (bicyclic) bond motifs is 1. The van der Waals surface area contributed by atoms with Crippen molar-refractivity contribution in [2.45, 2.75) is 26.4 Å². The van der Waals surface area contributed by atoms with E-state index in [1.165, 1.54) is 0 Å². The molecule has 3 aromatic heterocycles. The molecule has 3 aromatic rings. The lowest BCUT2D eigenvalue weighted by atomic mass is 10.0. The van der Waals surface area contributed by atoms with Gasteiger partial charge in [0.05, 0.1) is 17.5 Å². The molecular formula is C17H20N6O2. The van der Waals surface area contributed by atoms with Crippen molar-refractivity contribution in [1.82, 2.24) is 29.5 Å². The summed E-state index contributed by atoms with van der Waals surface area (Å²) in [5, 5.41) is 17.5. The monoisotopic (exact) mass is 340 g/mol. The van der Waals surface area contributed by atoms with Crippen molar-refractivity contribution in [1.29, 1.82) is 0 Å². The number of imidazole rings is 1. The van der Waals surface area contributed by atoms with E-state index in [1.807, 2.05) is 13.0 Å². The van der Waals surface area contributed by atoms with Crippen molar-refractivity contribution in [3.05, 3.63) is 47.3 Å². The number of rotatable bonds is 3. The number of β-amino-alcohol motifs (C(OH)–C–C–N with tert-alkyl or cyclic N) is 1. The van der Waals surface area contributed by atoms with Crippen LogP contribution in [0.4, 0.5) is 0 Å². The Morgan fingerprint density at radius 2 is 2.24 bits per heavy atom. The predicted molar refractivity (Wildman–Crippen MR) is 90.2 cm³/mol. The van der Waals surface area contributed by atoms with Gasteiger partial charge in [-0.1, -0.05) is 0 Å². The lowest BCUT2D eigenvalue weighted by Gasteiger charge is -2.16. The first-order chi connectivity index (χ1) is 12.0. The Morgan fingerprint density at radius 1 is 1.40 bits per heavy atom. The second kappa shape index (κ2) is 5.96. The standard InChI is InChI=1S/C17H20N6O2/c1-10-6-13(21-20-10)7-12-8-22(9-14(12)24)16(25)15-11(2)19-17-18-4-3-5-23(15)17/h3-6,12,14,24H,7-9H2,1-2H3,(H,20,21)/t12-,14+/m1/s1. The SMILES string of the molecule is Cc1cc(C[C@@H]2CN(C(=O)c3c(C)nc4ncccn34)C[C@@H]2O)n[nH]1. The van der Waals surface area contributed by atoms with Gasteiger partial charge in [-0.15, -0.1) is 0 Å². The average molecular weight is 340 g/mol. The number of nitrogens with one attached hydrogen (secondary N) is 1. The molecule has 0 saturated carbocycles. The zero-order valence-electron chi connectivity index (χ0n) is 14.2. The van der Waals surface area contributed by atoms with Crippen molar-refractivity contribution < 1.29 is 9.90 Å². The fraction of sp³-hybridized carbons (Fsp3) is 0.412. The maximum atomic E-state index is 13.0. The highest BCUT2D eigenvalue weighted by molar-refractivity contribution is 5.94. The number of aromatic nitrogens is 5. The number of aliphatic hydroxyl groups is 1. The van der Waals surface area contributed by atoms with Gasteiger partial charge in [-0.3, -0.25) is 14.3 Å². The van der Waals surface area contributed by atoms with E-state index in [2.05, 4.69) is 20.2 Å². The van der Waals surface area contributed by atoms with Gasteiger partial charge in [-0.2, -0.15) is 5.10 Å². The third kappa shape index (κ3) is 2.78. The summed E-state index contributed by atoms with van der Waals surface area (Å²) in [5.74, 6) is 0.355. The molecule has 25 heavy (non-hydrogen) atoms. The van der Waals surface area contributed by atoms with Crippen LogP contribution in [0.2, 0.25) is 0 Å². The van der Waals surface area contributed by atoms with E-state index in [1.54, 1.807) is 34.7 Å². The second-order valence-corrected chi connectivity index (χ2v) is 6.62. The van der Waals surface area contributed by atoms with E-state index in [4.69, 9.17) is 0 Å². The summed E-state index contributed by atoms with van der Waals surface area (Å²) >= 11 is 0. The molecule has 1 aliphatic heterocycles. The van der Waals surface area contributed by atoms with Crippen molar-refractivity contribution >= 4 is 11.7 Å². The summed E-state index contributed by atoms with van der Waals surface area (Å²) in [4.78, 5) is 23.2. The summed E-state index contributed by atoms with van der Waals surface area (Å²) < 4.78 is 1.70. The summed E-state index contributed by atoms with van der Waals surface area (Å²) in [7, 11) is 0. The molecule has 2 atom stereocenters. The summed E-state index contributed by atoms with van der Waals surface area (Å²) in [6.45, 7) is 4.57. The van der Waals surface area contributed by atoms with Crippen molar-refractivity contribution in [2.24, 2.45) is 5.92 Å². The molecule has 0 spiro atoms. The number of likely N-dealkylation sites (tertiary alicyclic amines) is 1. The topological polar surface area (TPSA) is 99.4 Å². The van der Waals surface area contributed by atoms with Gasteiger partial charge in [0, 0.05) is 37.1 Å². The minimum Gasteiger partial charge on any atom is -0.391 e. The van der Waals surface area contributed by atoms with Crippen LogP contribution in [0.5, 0.6) is 0 Å². The first kappa shape index (κ1) is 15.8. The molecule has 0 aliphatic carbocycles. The molecule has 8 nitrogen and oxygen atoms in total. The number of carbonyl (C=O) groups excluding carboxylic acids is 1. The number of aryl methyl sites for hydroxylation is 2. The maximum Gasteiger partial charge on any atom is 0.272 e. The lowest BCUT2D eigenvalue weighted by Crippen LogP contribution is -2.31. The summed E-state index contributed by atoms with van der Waals surface area (Å²) in [5.41, 5.74) is 3.05. The van der Waals surface area contributed by atoms with E-state index >= 15 is 0 Å². The number of hydrogen-bond acceptors (Lipinski definition) is 5. The Morgan fingerprint density at radius 3 is 3.00 bits per heavy atom. The number of carbonyl (C=O) groups is 1. The van der Waals surface area contributed by atoms with E-state index in [0.29, 0.717) is 36.7 Å². The minimum absolute atomic E-state index is 0.0238. The maximum absolute atomic E-state index is 13.0. The summed E-state index contributed by atoms with van der Waals surface area (Å²) in [6.07, 6.45) is 3.52. The molecule has 0 bridgehead atoms. The van der Waals surface area contributed by atoms with E-state index < -0.39 is 6.10 Å². The van der Waals surface area contributed by atoms with E-state index in [-0.39, 0.29) is 11.8 Å². The van der Waals surface area contributed by atoms with Crippen LogP contribution in [0.25, 0.3) is 5.78 Å². The zero-order valence-corrected chi connectivity index (χ0v) is 14.2. The molecule has 0 radical (unpaired) electrons. The molecule has 1 aliphatic rings. The van der Waals surface area contributed by atoms with E-state index in [9.17, 15) is 9.90 Å². The average Bonchev–Trinajstić information content (AvgIpc) is 3.24. The van der Waals surface area contributed by atoms with Gasteiger partial charge in [-0.25, -0.2) is 9.97 Å². The number of H-pyrrole nitrogens is 1. The quantitative estimate of drug-likeness (QED) is 0.733. The number of aliphatic hydroxyl groups excluding tert-OH is 1. The van der Waals surface area contributed by atoms with Crippen molar-refractivity contribution in [3.63, 3.8) is 0 Å². The highest BCUT2D eigenvalue weighted by atomic mass is 16.3. The first-order valence-electron chi connectivity index (χ1n) is 8.31. The molecule has 1 fully saturated rings. The zero-order chi connectivity index (χ0) is 17.6. The van der Waals surface area contributed by atoms with Crippen LogP contribution in [0.15, 0.2) is 24.5 Å². The normalized spacial score (nSPS) is 20.5. The summed E-state index contributed by atoms with van der Waals surface area (Å²) in [6, 6.07) is 3.74. The highest BCUT2D eigenvalue weighted by Gasteiger charge is 2.36. The van der Waals surface area contributed by atoms with Crippen LogP contribution in [-0.2, 0) is 6.42 Å². The van der Waals surface area contributed by atoms with Gasteiger partial charge in [0.1, 0.15) is 5.69 Å².